The number of rotatable bonds is 10. The molecule has 2 aromatic rings. The first-order valence-corrected chi connectivity index (χ1v) is 13.3. The lowest BCUT2D eigenvalue weighted by molar-refractivity contribution is -0.144. The highest BCUT2D eigenvalue weighted by Gasteiger charge is 2.38. The maximum absolute atomic E-state index is 13.9. The Kier molecular flexibility index (Phi) is 11.0. The monoisotopic (exact) mass is 527 g/mol. The van der Waals surface area contributed by atoms with Crippen molar-refractivity contribution in [3.63, 3.8) is 0 Å². The quantitative estimate of drug-likeness (QED) is 0.375. The lowest BCUT2D eigenvalue weighted by Crippen LogP contribution is -2.56. The molecule has 0 aliphatic heterocycles. The van der Waals surface area contributed by atoms with Gasteiger partial charge in [-0.2, -0.15) is 12.6 Å². The van der Waals surface area contributed by atoms with E-state index in [0.717, 1.165) is 16.7 Å². The zero-order chi connectivity index (χ0) is 27.8. The molecule has 3 atom stereocenters. The standard InChI is InChI=1S/C29H41N3O4S/c1-8-21(4)32(27(34)24(18-37)31-28(35)36-29(5,6)7)25(23-15-14-19(2)20(3)16-23)26(33)30-17-22-12-10-9-11-13-22/h9-16,21,24-25,37H,8,17-18H2,1-7H3,(H,30,33)(H,31,35). The molecule has 3 amide bonds. The van der Waals surface area contributed by atoms with Crippen molar-refractivity contribution in [2.24, 2.45) is 0 Å². The number of aryl methyl sites for hydroxylation is 2. The van der Waals surface area contributed by atoms with Gasteiger partial charge in [0, 0.05) is 18.3 Å². The van der Waals surface area contributed by atoms with E-state index in [1.54, 1.807) is 25.7 Å². The molecular formula is C29H41N3O4S. The van der Waals surface area contributed by atoms with Gasteiger partial charge in [0.05, 0.1) is 0 Å². The molecule has 8 heteroatoms. The number of benzene rings is 2. The van der Waals surface area contributed by atoms with Crippen molar-refractivity contribution < 1.29 is 19.1 Å². The van der Waals surface area contributed by atoms with Gasteiger partial charge in [-0.1, -0.05) is 55.5 Å². The van der Waals surface area contributed by atoms with E-state index in [1.807, 2.05) is 76.2 Å². The molecule has 0 fully saturated rings. The van der Waals surface area contributed by atoms with Crippen molar-refractivity contribution in [3.05, 3.63) is 70.8 Å². The third-order valence-corrected chi connectivity index (χ3v) is 6.54. The zero-order valence-corrected chi connectivity index (χ0v) is 23.9. The Balaban J connectivity index is 2.47. The lowest BCUT2D eigenvalue weighted by atomic mass is 9.96. The topological polar surface area (TPSA) is 87.7 Å². The van der Waals surface area contributed by atoms with Crippen LogP contribution in [0.15, 0.2) is 48.5 Å². The summed E-state index contributed by atoms with van der Waals surface area (Å²) in [5.41, 5.74) is 3.05. The molecule has 202 valence electrons. The minimum absolute atomic E-state index is 0.0519. The number of thiol groups is 1. The van der Waals surface area contributed by atoms with Gasteiger partial charge in [0.2, 0.25) is 11.8 Å². The van der Waals surface area contributed by atoms with Crippen LogP contribution in [0, 0.1) is 13.8 Å². The second-order valence-corrected chi connectivity index (χ2v) is 10.7. The minimum Gasteiger partial charge on any atom is -0.444 e. The lowest BCUT2D eigenvalue weighted by Gasteiger charge is -2.38. The highest BCUT2D eigenvalue weighted by Crippen LogP contribution is 2.28. The smallest absolute Gasteiger partial charge is 0.408 e. The Morgan fingerprint density at radius 2 is 1.68 bits per heavy atom. The van der Waals surface area contributed by atoms with Crippen LogP contribution in [0.2, 0.25) is 0 Å². The first-order valence-electron chi connectivity index (χ1n) is 12.7. The zero-order valence-electron chi connectivity index (χ0n) is 23.0. The molecule has 37 heavy (non-hydrogen) atoms. The Morgan fingerprint density at radius 1 is 1.03 bits per heavy atom. The molecule has 0 saturated heterocycles. The predicted octanol–water partition coefficient (Wildman–Crippen LogP) is 5.11. The second-order valence-electron chi connectivity index (χ2n) is 10.3. The molecule has 7 nitrogen and oxygen atoms in total. The van der Waals surface area contributed by atoms with E-state index in [0.29, 0.717) is 18.5 Å². The first-order chi connectivity index (χ1) is 17.4. The highest BCUT2D eigenvalue weighted by atomic mass is 32.1. The SMILES string of the molecule is CCC(C)N(C(=O)C(CS)NC(=O)OC(C)(C)C)C(C(=O)NCc1ccccc1)c1ccc(C)c(C)c1. The molecule has 0 aliphatic carbocycles. The number of carbonyl (C=O) groups excluding carboxylic acids is 3. The van der Waals surface area contributed by atoms with Crippen molar-refractivity contribution in [2.75, 3.05) is 5.75 Å². The maximum Gasteiger partial charge on any atom is 0.408 e. The molecule has 2 rings (SSSR count). The molecule has 2 aromatic carbocycles. The van der Waals surface area contributed by atoms with Gasteiger partial charge in [-0.15, -0.1) is 0 Å². The van der Waals surface area contributed by atoms with Gasteiger partial charge in [0.25, 0.3) is 0 Å². The average molecular weight is 528 g/mol. The van der Waals surface area contributed by atoms with Crippen molar-refractivity contribution >= 4 is 30.5 Å². The van der Waals surface area contributed by atoms with Gasteiger partial charge in [-0.25, -0.2) is 4.79 Å². The number of hydrogen-bond donors (Lipinski definition) is 3. The molecular weight excluding hydrogens is 486 g/mol. The van der Waals surface area contributed by atoms with Crippen LogP contribution >= 0.6 is 12.6 Å². The van der Waals surface area contributed by atoms with Crippen molar-refractivity contribution in [2.45, 2.75) is 85.2 Å². The third-order valence-electron chi connectivity index (χ3n) is 6.17. The molecule has 2 N–H and O–H groups in total. The van der Waals surface area contributed by atoms with E-state index < -0.39 is 29.7 Å². The summed E-state index contributed by atoms with van der Waals surface area (Å²) < 4.78 is 5.36. The van der Waals surface area contributed by atoms with Crippen LogP contribution in [-0.2, 0) is 20.9 Å². The van der Waals surface area contributed by atoms with Crippen LogP contribution in [0.5, 0.6) is 0 Å². The fraction of sp³-hybridized carbons (Fsp3) is 0.483. The van der Waals surface area contributed by atoms with E-state index in [-0.39, 0.29) is 17.7 Å². The van der Waals surface area contributed by atoms with Gasteiger partial charge in [-0.05, 0) is 70.2 Å². The molecule has 0 aliphatic rings. The van der Waals surface area contributed by atoms with Gasteiger partial charge in [0.1, 0.15) is 17.7 Å². The van der Waals surface area contributed by atoms with Crippen LogP contribution < -0.4 is 10.6 Å². The fourth-order valence-corrected chi connectivity index (χ4v) is 4.11. The van der Waals surface area contributed by atoms with Crippen LogP contribution in [0.25, 0.3) is 0 Å². The van der Waals surface area contributed by atoms with Crippen LogP contribution in [0.3, 0.4) is 0 Å². The van der Waals surface area contributed by atoms with E-state index in [2.05, 4.69) is 23.3 Å². The number of nitrogens with one attached hydrogen (secondary N) is 2. The molecule has 0 saturated carbocycles. The third kappa shape index (κ3) is 8.81. The van der Waals surface area contributed by atoms with Crippen LogP contribution in [0.4, 0.5) is 4.79 Å². The molecule has 0 bridgehead atoms. The van der Waals surface area contributed by atoms with Crippen LogP contribution in [-0.4, -0.2) is 46.2 Å². The summed E-state index contributed by atoms with van der Waals surface area (Å²) in [5, 5.41) is 5.66. The molecule has 0 heterocycles. The van der Waals surface area contributed by atoms with E-state index in [1.165, 1.54) is 0 Å². The Morgan fingerprint density at radius 3 is 2.22 bits per heavy atom. The minimum atomic E-state index is -0.969. The summed E-state index contributed by atoms with van der Waals surface area (Å²) in [6.07, 6.45) is -0.0922. The van der Waals surface area contributed by atoms with E-state index in [9.17, 15) is 14.4 Å². The highest BCUT2D eigenvalue weighted by molar-refractivity contribution is 7.80. The summed E-state index contributed by atoms with van der Waals surface area (Å²) in [6.45, 7) is 13.4. The van der Waals surface area contributed by atoms with Crippen molar-refractivity contribution in [1.82, 2.24) is 15.5 Å². The van der Waals surface area contributed by atoms with Gasteiger partial charge in [0.15, 0.2) is 0 Å². The number of hydrogen-bond acceptors (Lipinski definition) is 5. The molecule has 0 aromatic heterocycles. The van der Waals surface area contributed by atoms with E-state index >= 15 is 0 Å². The van der Waals surface area contributed by atoms with E-state index in [4.69, 9.17) is 4.74 Å². The number of nitrogens with zero attached hydrogens (tertiary/aromatic N) is 1. The second kappa shape index (κ2) is 13.5. The Hall–Kier alpha value is -3.00. The predicted molar refractivity (Wildman–Crippen MR) is 151 cm³/mol. The maximum atomic E-state index is 13.9. The van der Waals surface area contributed by atoms with Gasteiger partial charge >= 0.3 is 6.09 Å². The number of alkyl carbamates (subject to hydrolysis) is 1. The molecule has 3 unspecified atom stereocenters. The molecule has 0 radical (unpaired) electrons. The first kappa shape index (κ1) is 30.2. The van der Waals surface area contributed by atoms with Gasteiger partial charge in [-0.3, -0.25) is 9.59 Å². The van der Waals surface area contributed by atoms with Gasteiger partial charge < -0.3 is 20.3 Å². The molecule has 0 spiro atoms. The summed E-state index contributed by atoms with van der Waals surface area (Å²) in [7, 11) is 0. The summed E-state index contributed by atoms with van der Waals surface area (Å²) in [6, 6.07) is 13.2. The Labute approximate surface area is 226 Å². The number of carbonyl (C=O) groups is 3. The van der Waals surface area contributed by atoms with Crippen molar-refractivity contribution in [1.29, 1.82) is 0 Å². The average Bonchev–Trinajstić information content (AvgIpc) is 2.84. The largest absolute Gasteiger partial charge is 0.444 e. The number of ether oxygens (including phenoxy) is 1. The Bertz CT molecular complexity index is 1070. The normalized spacial score (nSPS) is 13.7. The fourth-order valence-electron chi connectivity index (χ4n) is 3.87. The van der Waals surface area contributed by atoms with Crippen molar-refractivity contribution in [3.8, 4) is 0 Å². The summed E-state index contributed by atoms with van der Waals surface area (Å²) >= 11 is 4.34. The van der Waals surface area contributed by atoms with Crippen LogP contribution in [0.1, 0.15) is 69.3 Å². The summed E-state index contributed by atoms with van der Waals surface area (Å²) in [5.74, 6) is -0.639. The number of amides is 3. The summed E-state index contributed by atoms with van der Waals surface area (Å²) in [4.78, 5) is 41.8.